The Morgan fingerprint density at radius 3 is 2.72 bits per heavy atom. The molecule has 0 aromatic heterocycles. The van der Waals surface area contributed by atoms with Crippen molar-refractivity contribution in [2.24, 2.45) is 17.6 Å². The number of hydrogen-bond donors (Lipinski definition) is 1. The van der Waals surface area contributed by atoms with Gasteiger partial charge in [0.2, 0.25) is 5.91 Å². The summed E-state index contributed by atoms with van der Waals surface area (Å²) in [6.45, 7) is 8.21. The van der Waals surface area contributed by atoms with Crippen LogP contribution in [0.25, 0.3) is 0 Å². The SMILES string of the molecule is CCCC1CCC(=O)N(CC(N)C(C)CC)CC1. The quantitative estimate of drug-likeness (QED) is 0.792. The Morgan fingerprint density at radius 2 is 2.11 bits per heavy atom. The average molecular weight is 254 g/mol. The highest BCUT2D eigenvalue weighted by atomic mass is 16.2. The van der Waals surface area contributed by atoms with Crippen molar-refractivity contribution in [1.29, 1.82) is 0 Å². The zero-order chi connectivity index (χ0) is 13.5. The molecule has 3 nitrogen and oxygen atoms in total. The second-order valence-electron chi connectivity index (χ2n) is 5.87. The lowest BCUT2D eigenvalue weighted by molar-refractivity contribution is -0.131. The molecule has 1 aliphatic heterocycles. The summed E-state index contributed by atoms with van der Waals surface area (Å²) in [5.74, 6) is 1.55. The minimum atomic E-state index is 0.127. The lowest BCUT2D eigenvalue weighted by atomic mass is 9.96. The summed E-state index contributed by atoms with van der Waals surface area (Å²) in [7, 11) is 0. The van der Waals surface area contributed by atoms with Crippen molar-refractivity contribution in [3.63, 3.8) is 0 Å². The van der Waals surface area contributed by atoms with Crippen molar-refractivity contribution in [2.75, 3.05) is 13.1 Å². The average Bonchev–Trinajstić information content (AvgIpc) is 2.53. The largest absolute Gasteiger partial charge is 0.341 e. The molecule has 2 N–H and O–H groups in total. The molecule has 0 spiro atoms. The zero-order valence-electron chi connectivity index (χ0n) is 12.3. The van der Waals surface area contributed by atoms with E-state index in [1.165, 1.54) is 12.8 Å². The Balaban J connectivity index is 2.47. The molecule has 1 fully saturated rings. The van der Waals surface area contributed by atoms with Crippen molar-refractivity contribution in [3.05, 3.63) is 0 Å². The van der Waals surface area contributed by atoms with Crippen LogP contribution in [0.15, 0.2) is 0 Å². The second kappa shape index (κ2) is 7.78. The van der Waals surface area contributed by atoms with Gasteiger partial charge in [0.05, 0.1) is 0 Å². The highest BCUT2D eigenvalue weighted by Crippen LogP contribution is 2.23. The molecule has 1 heterocycles. The van der Waals surface area contributed by atoms with Crippen molar-refractivity contribution in [2.45, 2.75) is 65.3 Å². The van der Waals surface area contributed by atoms with E-state index in [0.717, 1.165) is 44.7 Å². The van der Waals surface area contributed by atoms with Crippen LogP contribution in [0.5, 0.6) is 0 Å². The van der Waals surface area contributed by atoms with Gasteiger partial charge in [-0.2, -0.15) is 0 Å². The number of likely N-dealkylation sites (tertiary alicyclic amines) is 1. The van der Waals surface area contributed by atoms with Gasteiger partial charge in [-0.15, -0.1) is 0 Å². The number of nitrogens with two attached hydrogens (primary N) is 1. The molecule has 0 aliphatic carbocycles. The van der Waals surface area contributed by atoms with Gasteiger partial charge in [-0.05, 0) is 24.7 Å². The molecular formula is C15H30N2O. The normalized spacial score (nSPS) is 24.8. The fourth-order valence-electron chi connectivity index (χ4n) is 2.72. The number of hydrogen-bond acceptors (Lipinski definition) is 2. The zero-order valence-corrected chi connectivity index (χ0v) is 12.3. The van der Waals surface area contributed by atoms with Gasteiger partial charge in [0.25, 0.3) is 0 Å². The summed E-state index contributed by atoms with van der Waals surface area (Å²) in [4.78, 5) is 14.1. The third-order valence-corrected chi connectivity index (χ3v) is 4.43. The Morgan fingerprint density at radius 1 is 1.39 bits per heavy atom. The third-order valence-electron chi connectivity index (χ3n) is 4.43. The first-order chi connectivity index (χ1) is 8.58. The van der Waals surface area contributed by atoms with Gasteiger partial charge < -0.3 is 10.6 Å². The molecule has 0 aromatic carbocycles. The van der Waals surface area contributed by atoms with E-state index in [-0.39, 0.29) is 6.04 Å². The number of rotatable bonds is 6. The molecule has 18 heavy (non-hydrogen) atoms. The Hall–Kier alpha value is -0.570. The van der Waals surface area contributed by atoms with Crippen LogP contribution in [0.2, 0.25) is 0 Å². The van der Waals surface area contributed by atoms with Crippen molar-refractivity contribution in [1.82, 2.24) is 4.90 Å². The molecule has 0 saturated carbocycles. The van der Waals surface area contributed by atoms with E-state index in [0.29, 0.717) is 11.8 Å². The van der Waals surface area contributed by atoms with Crippen LogP contribution < -0.4 is 5.73 Å². The van der Waals surface area contributed by atoms with Gasteiger partial charge in [0.1, 0.15) is 0 Å². The molecule has 0 radical (unpaired) electrons. The van der Waals surface area contributed by atoms with Gasteiger partial charge in [0.15, 0.2) is 0 Å². The van der Waals surface area contributed by atoms with Crippen molar-refractivity contribution in [3.8, 4) is 0 Å². The summed E-state index contributed by atoms with van der Waals surface area (Å²) in [5, 5.41) is 0. The number of carbonyl (C=O) groups excluding carboxylic acids is 1. The maximum absolute atomic E-state index is 12.1. The highest BCUT2D eigenvalue weighted by molar-refractivity contribution is 5.76. The molecule has 1 aliphatic rings. The van der Waals surface area contributed by atoms with Gasteiger partial charge >= 0.3 is 0 Å². The van der Waals surface area contributed by atoms with E-state index in [1.54, 1.807) is 0 Å². The fraction of sp³-hybridized carbons (Fsp3) is 0.933. The molecular weight excluding hydrogens is 224 g/mol. The maximum Gasteiger partial charge on any atom is 0.222 e. The molecule has 3 unspecified atom stereocenters. The van der Waals surface area contributed by atoms with Crippen LogP contribution in [0.1, 0.15) is 59.3 Å². The van der Waals surface area contributed by atoms with Gasteiger partial charge in [-0.1, -0.05) is 40.0 Å². The highest BCUT2D eigenvalue weighted by Gasteiger charge is 2.24. The van der Waals surface area contributed by atoms with Crippen molar-refractivity contribution < 1.29 is 4.79 Å². The molecule has 0 bridgehead atoms. The second-order valence-corrected chi connectivity index (χ2v) is 5.87. The van der Waals surface area contributed by atoms with Crippen LogP contribution in [-0.4, -0.2) is 29.9 Å². The molecule has 1 amide bonds. The Labute approximate surface area is 112 Å². The molecule has 1 saturated heterocycles. The predicted molar refractivity (Wildman–Crippen MR) is 76.3 cm³/mol. The lowest BCUT2D eigenvalue weighted by Gasteiger charge is -2.27. The number of amides is 1. The molecule has 3 atom stereocenters. The minimum Gasteiger partial charge on any atom is -0.341 e. The van der Waals surface area contributed by atoms with E-state index in [1.807, 2.05) is 4.90 Å². The maximum atomic E-state index is 12.1. The fourth-order valence-corrected chi connectivity index (χ4v) is 2.72. The van der Waals surface area contributed by atoms with Gasteiger partial charge in [-0.25, -0.2) is 0 Å². The van der Waals surface area contributed by atoms with Crippen LogP contribution in [0, 0.1) is 11.8 Å². The molecule has 106 valence electrons. The van der Waals surface area contributed by atoms with Gasteiger partial charge in [0, 0.05) is 25.6 Å². The summed E-state index contributed by atoms with van der Waals surface area (Å²) < 4.78 is 0. The van der Waals surface area contributed by atoms with E-state index in [2.05, 4.69) is 20.8 Å². The first-order valence-corrected chi connectivity index (χ1v) is 7.61. The summed E-state index contributed by atoms with van der Waals surface area (Å²) in [6.07, 6.45) is 6.53. The monoisotopic (exact) mass is 254 g/mol. The molecule has 0 aromatic rings. The van der Waals surface area contributed by atoms with Crippen LogP contribution in [0.4, 0.5) is 0 Å². The van der Waals surface area contributed by atoms with E-state index in [9.17, 15) is 4.79 Å². The first-order valence-electron chi connectivity index (χ1n) is 7.61. The molecule has 3 heteroatoms. The predicted octanol–water partition coefficient (Wildman–Crippen LogP) is 2.79. The molecule has 1 rings (SSSR count). The smallest absolute Gasteiger partial charge is 0.222 e. The van der Waals surface area contributed by atoms with Crippen LogP contribution >= 0.6 is 0 Å². The lowest BCUT2D eigenvalue weighted by Crippen LogP contribution is -2.44. The van der Waals surface area contributed by atoms with Gasteiger partial charge in [-0.3, -0.25) is 4.79 Å². The first kappa shape index (κ1) is 15.5. The Kier molecular flexibility index (Phi) is 6.69. The number of nitrogens with zero attached hydrogens (tertiary/aromatic N) is 1. The van der Waals surface area contributed by atoms with E-state index >= 15 is 0 Å². The summed E-state index contributed by atoms with van der Waals surface area (Å²) in [6, 6.07) is 0.127. The third kappa shape index (κ3) is 4.60. The van der Waals surface area contributed by atoms with Crippen LogP contribution in [0.3, 0.4) is 0 Å². The topological polar surface area (TPSA) is 46.3 Å². The minimum absolute atomic E-state index is 0.127. The van der Waals surface area contributed by atoms with Crippen molar-refractivity contribution >= 4 is 5.91 Å². The van der Waals surface area contributed by atoms with Crippen LogP contribution in [-0.2, 0) is 4.79 Å². The van der Waals surface area contributed by atoms with E-state index in [4.69, 9.17) is 5.73 Å². The Bertz CT molecular complexity index is 255. The number of carbonyl (C=O) groups is 1. The summed E-state index contributed by atoms with van der Waals surface area (Å²) in [5.41, 5.74) is 6.17. The standard InChI is InChI=1S/C15H30N2O/c1-4-6-13-7-8-15(18)17(10-9-13)11-14(16)12(3)5-2/h12-14H,4-11,16H2,1-3H3. The van der Waals surface area contributed by atoms with E-state index < -0.39 is 0 Å². The summed E-state index contributed by atoms with van der Waals surface area (Å²) >= 11 is 0.